The lowest BCUT2D eigenvalue weighted by Crippen LogP contribution is -2.59. The maximum absolute atomic E-state index is 14.4. The van der Waals surface area contributed by atoms with Gasteiger partial charge in [-0.1, -0.05) is 58.4 Å². The van der Waals surface area contributed by atoms with E-state index in [0.717, 1.165) is 26.6 Å². The van der Waals surface area contributed by atoms with Gasteiger partial charge in [0.15, 0.2) is 0 Å². The first-order valence-corrected chi connectivity index (χ1v) is 12.0. The Morgan fingerprint density at radius 1 is 1.09 bits per heavy atom. The van der Waals surface area contributed by atoms with Crippen LogP contribution in [0.5, 0.6) is 0 Å². The van der Waals surface area contributed by atoms with E-state index in [0.29, 0.717) is 17.3 Å². The molecule has 2 fully saturated rings. The van der Waals surface area contributed by atoms with Crippen molar-refractivity contribution in [3.8, 4) is 0 Å². The molecule has 2 saturated heterocycles. The molecule has 1 unspecified atom stereocenters. The van der Waals surface area contributed by atoms with E-state index in [9.17, 15) is 18.0 Å². The summed E-state index contributed by atoms with van der Waals surface area (Å²) in [5.74, 6) is -0.778. The van der Waals surface area contributed by atoms with E-state index < -0.39 is 17.7 Å². The van der Waals surface area contributed by atoms with Crippen molar-refractivity contribution in [2.24, 2.45) is 5.41 Å². The minimum Gasteiger partial charge on any atom is -0.356 e. The highest BCUT2D eigenvalue weighted by molar-refractivity contribution is 9.10. The number of rotatable bonds is 4. The van der Waals surface area contributed by atoms with E-state index in [4.69, 9.17) is 4.74 Å². The molecule has 2 aromatic carbocycles. The molecule has 4 nitrogen and oxygen atoms in total. The summed E-state index contributed by atoms with van der Waals surface area (Å²) in [7, 11) is 0.954. The van der Waals surface area contributed by atoms with E-state index >= 15 is 0 Å². The van der Waals surface area contributed by atoms with Crippen molar-refractivity contribution in [3.05, 3.63) is 70.2 Å². The molecule has 8 heteroatoms. The predicted molar refractivity (Wildman–Crippen MR) is 124 cm³/mol. The molecule has 0 radical (unpaired) electrons. The van der Waals surface area contributed by atoms with Crippen molar-refractivity contribution in [2.45, 2.75) is 37.0 Å². The molecule has 2 heterocycles. The third-order valence-electron chi connectivity index (χ3n) is 7.37. The molecule has 2 atom stereocenters. The van der Waals surface area contributed by atoms with E-state index in [2.05, 4.69) is 33.4 Å². The number of likely N-dealkylation sites (tertiary alicyclic amines) is 1. The van der Waals surface area contributed by atoms with Crippen LogP contribution in [0.15, 0.2) is 59.1 Å². The Hall–Kier alpha value is -1.90. The van der Waals surface area contributed by atoms with Crippen molar-refractivity contribution >= 4 is 21.8 Å². The lowest BCUT2D eigenvalue weighted by atomic mass is 9.62. The molecule has 1 spiro atoms. The highest BCUT2D eigenvalue weighted by atomic mass is 79.9. The average Bonchev–Trinajstić information content (AvgIpc) is 2.80. The van der Waals surface area contributed by atoms with Gasteiger partial charge in [-0.05, 0) is 48.9 Å². The summed E-state index contributed by atoms with van der Waals surface area (Å²) in [5, 5.41) is 3.47. The summed E-state index contributed by atoms with van der Waals surface area (Å²) in [5.41, 5.74) is -2.05. The molecule has 2 aliphatic rings. The molecule has 33 heavy (non-hydrogen) atoms. The van der Waals surface area contributed by atoms with Gasteiger partial charge in [0.2, 0.25) is 0 Å². The van der Waals surface area contributed by atoms with E-state index in [-0.39, 0.29) is 30.0 Å². The number of alkyl halides is 3. The number of carbonyl (C=O) groups is 1. The second-order valence-corrected chi connectivity index (χ2v) is 9.88. The van der Waals surface area contributed by atoms with Crippen LogP contribution in [0.4, 0.5) is 13.2 Å². The molecule has 1 amide bonds. The number of nitrogens with one attached hydrogen (secondary N) is 1. The Morgan fingerprint density at radius 3 is 2.39 bits per heavy atom. The fourth-order valence-corrected chi connectivity index (χ4v) is 5.94. The maximum Gasteiger partial charge on any atom is 0.430 e. The second-order valence-electron chi connectivity index (χ2n) is 8.97. The number of benzene rings is 2. The van der Waals surface area contributed by atoms with Crippen LogP contribution >= 0.6 is 15.9 Å². The van der Waals surface area contributed by atoms with Crippen LogP contribution < -0.4 is 5.32 Å². The van der Waals surface area contributed by atoms with Gasteiger partial charge in [-0.3, -0.25) is 4.79 Å². The van der Waals surface area contributed by atoms with Crippen LogP contribution in [0.25, 0.3) is 0 Å². The van der Waals surface area contributed by atoms with Crippen molar-refractivity contribution < 1.29 is 22.7 Å². The number of ether oxygens (including phenoxy) is 1. The molecule has 1 N–H and O–H groups in total. The van der Waals surface area contributed by atoms with Gasteiger partial charge >= 0.3 is 6.18 Å². The summed E-state index contributed by atoms with van der Waals surface area (Å²) >= 11 is 3.22. The van der Waals surface area contributed by atoms with Crippen LogP contribution in [0, 0.1) is 5.41 Å². The number of hydrogen-bond donors (Lipinski definition) is 1. The van der Waals surface area contributed by atoms with Gasteiger partial charge in [0, 0.05) is 42.7 Å². The van der Waals surface area contributed by atoms with E-state index in [1.54, 1.807) is 6.07 Å². The fraction of sp³-hybridized carbons (Fsp3) is 0.480. The normalized spacial score (nSPS) is 22.7. The Bertz CT molecular complexity index is 977. The molecular weight excluding hydrogens is 497 g/mol. The summed E-state index contributed by atoms with van der Waals surface area (Å²) < 4.78 is 48.8. The van der Waals surface area contributed by atoms with Crippen LogP contribution in [-0.4, -0.2) is 50.3 Å². The Kier molecular flexibility index (Phi) is 6.90. The van der Waals surface area contributed by atoms with Crippen LogP contribution in [0.1, 0.15) is 36.3 Å². The number of halogens is 4. The zero-order valence-corrected chi connectivity index (χ0v) is 20.1. The highest BCUT2D eigenvalue weighted by Gasteiger charge is 2.64. The summed E-state index contributed by atoms with van der Waals surface area (Å²) in [6.07, 6.45) is -2.64. The Labute approximate surface area is 200 Å². The predicted octanol–water partition coefficient (Wildman–Crippen LogP) is 5.24. The van der Waals surface area contributed by atoms with E-state index in [1.165, 1.54) is 28.7 Å². The lowest BCUT2D eigenvalue weighted by Gasteiger charge is -2.50. The van der Waals surface area contributed by atoms with Gasteiger partial charge in [-0.25, -0.2) is 0 Å². The lowest BCUT2D eigenvalue weighted by molar-refractivity contribution is -0.271. The van der Waals surface area contributed by atoms with E-state index in [1.807, 2.05) is 18.2 Å². The van der Waals surface area contributed by atoms with Crippen molar-refractivity contribution in [3.63, 3.8) is 0 Å². The first kappa shape index (κ1) is 24.2. The first-order valence-electron chi connectivity index (χ1n) is 11.2. The van der Waals surface area contributed by atoms with Crippen LogP contribution in [-0.2, 0) is 15.1 Å². The van der Waals surface area contributed by atoms with Gasteiger partial charge in [-0.2, -0.15) is 13.2 Å². The number of carbonyl (C=O) groups excluding carboxylic acids is 1. The molecule has 0 aliphatic carbocycles. The van der Waals surface area contributed by atoms with Crippen molar-refractivity contribution in [1.82, 2.24) is 10.2 Å². The molecule has 0 aromatic heterocycles. The first-order chi connectivity index (χ1) is 15.7. The number of nitrogens with zero attached hydrogens (tertiary/aromatic N) is 1. The van der Waals surface area contributed by atoms with Gasteiger partial charge in [0.1, 0.15) is 0 Å². The Morgan fingerprint density at radius 2 is 1.79 bits per heavy atom. The molecule has 0 saturated carbocycles. The average molecular weight is 525 g/mol. The van der Waals surface area contributed by atoms with Crippen molar-refractivity contribution in [1.29, 1.82) is 0 Å². The largest absolute Gasteiger partial charge is 0.430 e. The topological polar surface area (TPSA) is 41.6 Å². The minimum atomic E-state index is -4.91. The van der Waals surface area contributed by atoms with Crippen molar-refractivity contribution in [2.75, 3.05) is 33.3 Å². The number of amides is 1. The molecule has 2 aliphatic heterocycles. The molecule has 178 valence electrons. The van der Waals surface area contributed by atoms with Crippen LogP contribution in [0.2, 0.25) is 0 Å². The summed E-state index contributed by atoms with van der Waals surface area (Å²) in [6, 6.07) is 16.0. The monoisotopic (exact) mass is 524 g/mol. The molecular formula is C25H28BrF3N2O2. The number of methoxy groups -OCH3 is 1. The number of piperidine rings is 2. The zero-order chi connectivity index (χ0) is 23.7. The standard InChI is InChI=1S/C25H28BrF3N2O2/c1-33-24(25(27,28)29,19-8-5-9-20(26)16-19)22(32)31-14-11-23(12-15-31)10-13-30-17-21(23)18-6-3-2-4-7-18/h2-9,16,21,30H,10-15,17H2,1H3/t21-,24?/m0/s1. The summed E-state index contributed by atoms with van der Waals surface area (Å²) in [4.78, 5) is 14.8. The Balaban J connectivity index is 1.61. The fourth-order valence-electron chi connectivity index (χ4n) is 5.54. The SMILES string of the molecule is COC(C(=O)N1CCC2(CCNC[C@H]2c2ccccc2)CC1)(c1cccc(Br)c1)C(F)(F)F. The second kappa shape index (κ2) is 9.39. The smallest absolute Gasteiger partial charge is 0.356 e. The van der Waals surface area contributed by atoms with Gasteiger partial charge < -0.3 is 15.0 Å². The third-order valence-corrected chi connectivity index (χ3v) is 7.87. The summed E-state index contributed by atoms with van der Waals surface area (Å²) in [6.45, 7) is 2.26. The van der Waals surface area contributed by atoms with Gasteiger partial charge in [0.25, 0.3) is 11.5 Å². The van der Waals surface area contributed by atoms with Gasteiger partial charge in [-0.15, -0.1) is 0 Å². The maximum atomic E-state index is 14.4. The minimum absolute atomic E-state index is 0.0346. The third kappa shape index (κ3) is 4.33. The highest BCUT2D eigenvalue weighted by Crippen LogP contribution is 2.50. The quantitative estimate of drug-likeness (QED) is 0.594. The molecule has 0 bridgehead atoms. The zero-order valence-electron chi connectivity index (χ0n) is 18.5. The number of hydrogen-bond acceptors (Lipinski definition) is 3. The van der Waals surface area contributed by atoms with Crippen LogP contribution in [0.3, 0.4) is 0 Å². The molecule has 2 aromatic rings. The molecule has 4 rings (SSSR count). The van der Waals surface area contributed by atoms with Gasteiger partial charge in [0.05, 0.1) is 0 Å².